The largest absolute Gasteiger partial charge is 0.469 e. The minimum Gasteiger partial charge on any atom is -0.469 e. The molecule has 4 nitrogen and oxygen atoms in total. The molecule has 0 radical (unpaired) electrons. The number of nitrogens with one attached hydrogen (secondary N) is 1. The van der Waals surface area contributed by atoms with Crippen LogP contribution in [-0.2, 0) is 6.42 Å². The Morgan fingerprint density at radius 3 is 2.95 bits per heavy atom. The van der Waals surface area contributed by atoms with Gasteiger partial charge in [0.1, 0.15) is 5.76 Å². The van der Waals surface area contributed by atoms with E-state index in [1.165, 1.54) is 0 Å². The Balaban J connectivity index is 2.02. The quantitative estimate of drug-likeness (QED) is 0.850. The topological polar surface area (TPSA) is 68.3 Å². The number of furan rings is 1. The summed E-state index contributed by atoms with van der Waals surface area (Å²) in [6.07, 6.45) is 2.27. The molecule has 3 N–H and O–H groups in total. The third kappa shape index (κ3) is 3.61. The molecule has 0 aliphatic rings. The van der Waals surface area contributed by atoms with Crippen LogP contribution in [0.25, 0.3) is 0 Å². The third-order valence-corrected chi connectivity index (χ3v) is 3.22. The number of anilines is 1. The molecule has 0 spiro atoms. The monoisotopic (exact) mass is 322 g/mol. The van der Waals surface area contributed by atoms with E-state index < -0.39 is 0 Å². The SMILES string of the molecule is CC(Cc1ccco1)NC(=O)c1cc(Br)ccc1N. The van der Waals surface area contributed by atoms with E-state index in [0.29, 0.717) is 17.7 Å². The van der Waals surface area contributed by atoms with E-state index in [1.807, 2.05) is 19.1 Å². The fraction of sp³-hybridized carbons (Fsp3) is 0.214. The highest BCUT2D eigenvalue weighted by Crippen LogP contribution is 2.18. The van der Waals surface area contributed by atoms with Gasteiger partial charge in [0, 0.05) is 22.6 Å². The van der Waals surface area contributed by atoms with E-state index in [0.717, 1.165) is 10.2 Å². The summed E-state index contributed by atoms with van der Waals surface area (Å²) in [7, 11) is 0. The average molecular weight is 323 g/mol. The van der Waals surface area contributed by atoms with Gasteiger partial charge in [-0.3, -0.25) is 4.79 Å². The first-order chi connectivity index (χ1) is 9.06. The van der Waals surface area contributed by atoms with Gasteiger partial charge in [0.15, 0.2) is 0 Å². The predicted molar refractivity (Wildman–Crippen MR) is 77.9 cm³/mol. The standard InChI is InChI=1S/C14H15BrN2O2/c1-9(7-11-3-2-6-19-11)17-14(18)12-8-10(15)4-5-13(12)16/h2-6,8-9H,7,16H2,1H3,(H,17,18). The van der Waals surface area contributed by atoms with Crippen LogP contribution in [0.15, 0.2) is 45.5 Å². The maximum absolute atomic E-state index is 12.1. The molecule has 100 valence electrons. The Hall–Kier alpha value is -1.75. The van der Waals surface area contributed by atoms with Crippen LogP contribution in [0.4, 0.5) is 5.69 Å². The zero-order valence-electron chi connectivity index (χ0n) is 10.5. The molecule has 0 saturated heterocycles. The molecular formula is C14H15BrN2O2. The zero-order valence-corrected chi connectivity index (χ0v) is 12.1. The van der Waals surface area contributed by atoms with Gasteiger partial charge in [-0.25, -0.2) is 0 Å². The van der Waals surface area contributed by atoms with Crippen LogP contribution in [0.5, 0.6) is 0 Å². The molecule has 5 heteroatoms. The van der Waals surface area contributed by atoms with Gasteiger partial charge < -0.3 is 15.5 Å². The maximum Gasteiger partial charge on any atom is 0.253 e. The summed E-state index contributed by atoms with van der Waals surface area (Å²) >= 11 is 3.33. The Bertz CT molecular complexity index is 567. The van der Waals surface area contributed by atoms with E-state index in [4.69, 9.17) is 10.2 Å². The summed E-state index contributed by atoms with van der Waals surface area (Å²) in [4.78, 5) is 12.1. The second kappa shape index (κ2) is 5.93. The molecule has 1 unspecified atom stereocenters. The van der Waals surface area contributed by atoms with Crippen molar-refractivity contribution in [3.05, 3.63) is 52.4 Å². The Morgan fingerprint density at radius 1 is 1.47 bits per heavy atom. The van der Waals surface area contributed by atoms with Crippen molar-refractivity contribution < 1.29 is 9.21 Å². The van der Waals surface area contributed by atoms with Crippen molar-refractivity contribution in [2.75, 3.05) is 5.73 Å². The zero-order chi connectivity index (χ0) is 13.8. The fourth-order valence-corrected chi connectivity index (χ4v) is 2.17. The Kier molecular flexibility index (Phi) is 4.27. The van der Waals surface area contributed by atoms with Gasteiger partial charge >= 0.3 is 0 Å². The number of benzene rings is 1. The highest BCUT2D eigenvalue weighted by atomic mass is 79.9. The first-order valence-corrected chi connectivity index (χ1v) is 6.74. The number of amides is 1. The van der Waals surface area contributed by atoms with Crippen molar-refractivity contribution >= 4 is 27.5 Å². The first-order valence-electron chi connectivity index (χ1n) is 5.94. The summed E-state index contributed by atoms with van der Waals surface area (Å²) < 4.78 is 6.08. The van der Waals surface area contributed by atoms with Crippen molar-refractivity contribution in [3.63, 3.8) is 0 Å². The second-order valence-electron chi connectivity index (χ2n) is 4.39. The minimum absolute atomic E-state index is 0.0305. The molecule has 1 aromatic heterocycles. The molecule has 0 saturated carbocycles. The van der Waals surface area contributed by atoms with Crippen LogP contribution in [-0.4, -0.2) is 11.9 Å². The molecule has 2 aromatic rings. The van der Waals surface area contributed by atoms with Crippen molar-refractivity contribution in [1.29, 1.82) is 0 Å². The highest BCUT2D eigenvalue weighted by Gasteiger charge is 2.14. The number of carbonyl (C=O) groups excluding carboxylic acids is 1. The van der Waals surface area contributed by atoms with E-state index >= 15 is 0 Å². The minimum atomic E-state index is -0.183. The Morgan fingerprint density at radius 2 is 2.26 bits per heavy atom. The number of rotatable bonds is 4. The lowest BCUT2D eigenvalue weighted by Crippen LogP contribution is -2.34. The van der Waals surface area contributed by atoms with Crippen LogP contribution in [0.2, 0.25) is 0 Å². The van der Waals surface area contributed by atoms with Crippen molar-refractivity contribution in [2.24, 2.45) is 0 Å². The third-order valence-electron chi connectivity index (χ3n) is 2.72. The molecule has 19 heavy (non-hydrogen) atoms. The molecule has 0 bridgehead atoms. The van der Waals surface area contributed by atoms with E-state index in [1.54, 1.807) is 24.5 Å². The summed E-state index contributed by atoms with van der Waals surface area (Å²) in [6.45, 7) is 1.93. The van der Waals surface area contributed by atoms with Gasteiger partial charge in [0.05, 0.1) is 11.8 Å². The van der Waals surface area contributed by atoms with Gasteiger partial charge in [-0.1, -0.05) is 15.9 Å². The number of carbonyl (C=O) groups is 1. The van der Waals surface area contributed by atoms with Crippen LogP contribution >= 0.6 is 15.9 Å². The molecule has 2 rings (SSSR count). The van der Waals surface area contributed by atoms with Gasteiger partial charge in [-0.2, -0.15) is 0 Å². The van der Waals surface area contributed by atoms with E-state index in [2.05, 4.69) is 21.2 Å². The summed E-state index contributed by atoms with van der Waals surface area (Å²) in [6, 6.07) is 8.91. The average Bonchev–Trinajstić information content (AvgIpc) is 2.84. The normalized spacial score (nSPS) is 12.1. The van der Waals surface area contributed by atoms with E-state index in [9.17, 15) is 4.79 Å². The van der Waals surface area contributed by atoms with E-state index in [-0.39, 0.29) is 11.9 Å². The summed E-state index contributed by atoms with van der Waals surface area (Å²) in [5.41, 5.74) is 6.74. The van der Waals surface area contributed by atoms with Gasteiger partial charge in [-0.05, 0) is 37.3 Å². The first kappa shape index (κ1) is 13.7. The lowest BCUT2D eigenvalue weighted by molar-refractivity contribution is 0.0940. The number of halogens is 1. The number of nitrogens with two attached hydrogens (primary N) is 1. The molecule has 1 atom stereocenters. The lowest BCUT2D eigenvalue weighted by atomic mass is 10.1. The predicted octanol–water partition coefficient (Wildman–Crippen LogP) is 2.99. The van der Waals surface area contributed by atoms with Crippen LogP contribution in [0.1, 0.15) is 23.0 Å². The van der Waals surface area contributed by atoms with Crippen LogP contribution in [0, 0.1) is 0 Å². The molecule has 1 heterocycles. The molecule has 0 aliphatic carbocycles. The summed E-state index contributed by atoms with van der Waals surface area (Å²) in [5, 5.41) is 2.90. The van der Waals surface area contributed by atoms with Crippen molar-refractivity contribution in [1.82, 2.24) is 5.32 Å². The molecule has 0 aliphatic heterocycles. The second-order valence-corrected chi connectivity index (χ2v) is 5.31. The van der Waals surface area contributed by atoms with Crippen LogP contribution in [0.3, 0.4) is 0 Å². The number of hydrogen-bond donors (Lipinski definition) is 2. The van der Waals surface area contributed by atoms with Gasteiger partial charge in [-0.15, -0.1) is 0 Å². The maximum atomic E-state index is 12.1. The highest BCUT2D eigenvalue weighted by molar-refractivity contribution is 9.10. The van der Waals surface area contributed by atoms with Gasteiger partial charge in [0.2, 0.25) is 0 Å². The fourth-order valence-electron chi connectivity index (χ4n) is 1.81. The number of nitrogen functional groups attached to an aromatic ring is 1. The molecule has 1 amide bonds. The Labute approximate surface area is 120 Å². The van der Waals surface area contributed by atoms with Crippen molar-refractivity contribution in [3.8, 4) is 0 Å². The molecular weight excluding hydrogens is 308 g/mol. The van der Waals surface area contributed by atoms with Gasteiger partial charge in [0.25, 0.3) is 5.91 Å². The molecule has 0 fully saturated rings. The lowest BCUT2D eigenvalue weighted by Gasteiger charge is -2.13. The molecule has 1 aromatic carbocycles. The summed E-state index contributed by atoms with van der Waals surface area (Å²) in [5.74, 6) is 0.660. The number of hydrogen-bond acceptors (Lipinski definition) is 3. The smallest absolute Gasteiger partial charge is 0.253 e. The van der Waals surface area contributed by atoms with Crippen LogP contribution < -0.4 is 11.1 Å². The van der Waals surface area contributed by atoms with Crippen molar-refractivity contribution in [2.45, 2.75) is 19.4 Å².